The third-order valence-electron chi connectivity index (χ3n) is 4.04. The van der Waals surface area contributed by atoms with Gasteiger partial charge in [0.15, 0.2) is 0 Å². The predicted octanol–water partition coefficient (Wildman–Crippen LogP) is 3.44. The minimum Gasteiger partial charge on any atom is -0.387 e. The summed E-state index contributed by atoms with van der Waals surface area (Å²) in [5.41, 5.74) is -0.655. The Morgan fingerprint density at radius 3 is 2.64 bits per heavy atom. The molecule has 0 spiro atoms. The number of amides is 1. The van der Waals surface area contributed by atoms with Crippen LogP contribution in [0.5, 0.6) is 0 Å². The van der Waals surface area contributed by atoms with Crippen LogP contribution in [0.15, 0.2) is 24.3 Å². The minimum atomic E-state index is -4.44. The molecular formula is C16H20F3NO2. The maximum atomic E-state index is 12.6. The number of aliphatic hydroxyl groups excluding tert-OH is 1. The van der Waals surface area contributed by atoms with Gasteiger partial charge in [-0.1, -0.05) is 25.0 Å². The van der Waals surface area contributed by atoms with Crippen LogP contribution in [0.25, 0.3) is 0 Å². The van der Waals surface area contributed by atoms with Crippen LogP contribution in [0.2, 0.25) is 0 Å². The summed E-state index contributed by atoms with van der Waals surface area (Å²) in [4.78, 5) is 11.8. The molecule has 0 bridgehead atoms. The van der Waals surface area contributed by atoms with Gasteiger partial charge < -0.3 is 10.4 Å². The monoisotopic (exact) mass is 315 g/mol. The van der Waals surface area contributed by atoms with E-state index in [1.54, 1.807) is 0 Å². The van der Waals surface area contributed by atoms with Crippen LogP contribution >= 0.6 is 0 Å². The molecule has 1 unspecified atom stereocenters. The zero-order valence-corrected chi connectivity index (χ0v) is 12.2. The second-order valence-corrected chi connectivity index (χ2v) is 5.80. The fraction of sp³-hybridized carbons (Fsp3) is 0.562. The lowest BCUT2D eigenvalue weighted by atomic mass is 10.0. The third-order valence-corrected chi connectivity index (χ3v) is 4.04. The molecule has 0 saturated heterocycles. The van der Waals surface area contributed by atoms with Crippen molar-refractivity contribution in [3.63, 3.8) is 0 Å². The van der Waals surface area contributed by atoms with Crippen molar-refractivity contribution in [2.75, 3.05) is 6.54 Å². The van der Waals surface area contributed by atoms with E-state index in [1.165, 1.54) is 12.1 Å². The van der Waals surface area contributed by atoms with E-state index in [1.807, 2.05) is 0 Å². The highest BCUT2D eigenvalue weighted by molar-refractivity contribution is 5.76. The molecule has 0 aliphatic heterocycles. The van der Waals surface area contributed by atoms with Gasteiger partial charge in [0.1, 0.15) is 0 Å². The molecule has 22 heavy (non-hydrogen) atoms. The molecule has 1 aromatic carbocycles. The molecule has 1 atom stereocenters. The van der Waals surface area contributed by atoms with Crippen LogP contribution in [0, 0.1) is 5.92 Å². The Morgan fingerprint density at radius 1 is 1.32 bits per heavy atom. The number of rotatable bonds is 5. The molecule has 1 aliphatic rings. The lowest BCUT2D eigenvalue weighted by molar-refractivity contribution is -0.137. The molecule has 122 valence electrons. The summed E-state index contributed by atoms with van der Waals surface area (Å²) in [5, 5.41) is 12.5. The summed E-state index contributed by atoms with van der Waals surface area (Å²) >= 11 is 0. The Bertz CT molecular complexity index is 510. The summed E-state index contributed by atoms with van der Waals surface area (Å²) in [6, 6.07) is 4.54. The normalized spacial score (nSPS) is 17.5. The van der Waals surface area contributed by atoms with E-state index in [-0.39, 0.29) is 18.0 Å². The largest absolute Gasteiger partial charge is 0.416 e. The van der Waals surface area contributed by atoms with Crippen LogP contribution in [0.1, 0.15) is 49.3 Å². The number of hydrogen-bond acceptors (Lipinski definition) is 2. The van der Waals surface area contributed by atoms with E-state index in [4.69, 9.17) is 0 Å². The molecule has 1 fully saturated rings. The molecule has 1 aromatic rings. The van der Waals surface area contributed by atoms with Gasteiger partial charge in [0.05, 0.1) is 11.7 Å². The van der Waals surface area contributed by atoms with Crippen LogP contribution in [-0.4, -0.2) is 17.6 Å². The van der Waals surface area contributed by atoms with Gasteiger partial charge in [0, 0.05) is 13.0 Å². The van der Waals surface area contributed by atoms with E-state index in [2.05, 4.69) is 5.32 Å². The first kappa shape index (κ1) is 16.8. The fourth-order valence-corrected chi connectivity index (χ4v) is 2.80. The molecule has 0 aromatic heterocycles. The summed E-state index contributed by atoms with van der Waals surface area (Å²) in [7, 11) is 0. The Hall–Kier alpha value is -1.56. The molecule has 1 saturated carbocycles. The van der Waals surface area contributed by atoms with Crippen LogP contribution in [-0.2, 0) is 11.0 Å². The second kappa shape index (κ2) is 7.13. The van der Waals surface area contributed by atoms with Crippen molar-refractivity contribution in [1.29, 1.82) is 0 Å². The minimum absolute atomic E-state index is 0.0765. The van der Waals surface area contributed by atoms with Crippen LogP contribution in [0.3, 0.4) is 0 Å². The number of hydrogen-bond donors (Lipinski definition) is 2. The Kier molecular flexibility index (Phi) is 5.45. The molecule has 6 heteroatoms. The fourth-order valence-electron chi connectivity index (χ4n) is 2.80. The van der Waals surface area contributed by atoms with E-state index in [9.17, 15) is 23.1 Å². The van der Waals surface area contributed by atoms with E-state index in [0.29, 0.717) is 12.3 Å². The number of benzene rings is 1. The van der Waals surface area contributed by atoms with Gasteiger partial charge in [-0.15, -0.1) is 0 Å². The standard InChI is InChI=1S/C16H20F3NO2/c17-16(18,19)13-7-3-6-12(9-13)14(21)10-20-15(22)8-11-4-1-2-5-11/h3,6-7,9,11,14,21H,1-2,4-5,8,10H2,(H,20,22). The van der Waals surface area contributed by atoms with Crippen molar-refractivity contribution >= 4 is 5.91 Å². The zero-order chi connectivity index (χ0) is 16.2. The summed E-state index contributed by atoms with van der Waals surface area (Å²) in [5.74, 6) is 0.239. The number of aliphatic hydroxyl groups is 1. The topological polar surface area (TPSA) is 49.3 Å². The first-order chi connectivity index (χ1) is 10.4. The van der Waals surface area contributed by atoms with E-state index < -0.39 is 17.8 Å². The molecule has 3 nitrogen and oxygen atoms in total. The lowest BCUT2D eigenvalue weighted by Crippen LogP contribution is -2.29. The molecule has 1 aliphatic carbocycles. The van der Waals surface area contributed by atoms with Crippen molar-refractivity contribution in [1.82, 2.24) is 5.32 Å². The molecular weight excluding hydrogens is 295 g/mol. The summed E-state index contributed by atoms with van der Waals surface area (Å²) in [6.45, 7) is -0.0765. The van der Waals surface area contributed by atoms with Gasteiger partial charge in [0.25, 0.3) is 0 Å². The number of carbonyl (C=O) groups excluding carboxylic acids is 1. The van der Waals surface area contributed by atoms with Gasteiger partial charge in [0.2, 0.25) is 5.91 Å². The molecule has 2 N–H and O–H groups in total. The van der Waals surface area contributed by atoms with Gasteiger partial charge in [-0.3, -0.25) is 4.79 Å². The lowest BCUT2D eigenvalue weighted by Gasteiger charge is -2.15. The average Bonchev–Trinajstić information content (AvgIpc) is 2.97. The predicted molar refractivity (Wildman–Crippen MR) is 76.0 cm³/mol. The van der Waals surface area contributed by atoms with Gasteiger partial charge in [-0.05, 0) is 36.5 Å². The maximum absolute atomic E-state index is 12.6. The van der Waals surface area contributed by atoms with Crippen molar-refractivity contribution in [3.05, 3.63) is 35.4 Å². The van der Waals surface area contributed by atoms with E-state index in [0.717, 1.165) is 37.8 Å². The van der Waals surface area contributed by atoms with Crippen molar-refractivity contribution in [2.45, 2.75) is 44.4 Å². The molecule has 0 radical (unpaired) electrons. The smallest absolute Gasteiger partial charge is 0.387 e. The highest BCUT2D eigenvalue weighted by atomic mass is 19.4. The maximum Gasteiger partial charge on any atom is 0.416 e. The van der Waals surface area contributed by atoms with Crippen molar-refractivity contribution in [2.24, 2.45) is 5.92 Å². The van der Waals surface area contributed by atoms with Gasteiger partial charge >= 0.3 is 6.18 Å². The molecule has 2 rings (SSSR count). The SMILES string of the molecule is O=C(CC1CCCC1)NCC(O)c1cccc(C(F)(F)F)c1. The highest BCUT2D eigenvalue weighted by Crippen LogP contribution is 2.31. The van der Waals surface area contributed by atoms with Crippen LogP contribution < -0.4 is 5.32 Å². The quantitative estimate of drug-likeness (QED) is 0.874. The number of nitrogens with one attached hydrogen (secondary N) is 1. The molecule has 0 heterocycles. The molecule has 1 amide bonds. The summed E-state index contributed by atoms with van der Waals surface area (Å²) in [6.07, 6.45) is -0.783. The first-order valence-corrected chi connectivity index (χ1v) is 7.48. The van der Waals surface area contributed by atoms with Gasteiger partial charge in [-0.25, -0.2) is 0 Å². The Morgan fingerprint density at radius 2 is 2.00 bits per heavy atom. The van der Waals surface area contributed by atoms with Crippen molar-refractivity contribution in [3.8, 4) is 0 Å². The zero-order valence-electron chi connectivity index (χ0n) is 12.2. The highest BCUT2D eigenvalue weighted by Gasteiger charge is 2.30. The Labute approximate surface area is 127 Å². The van der Waals surface area contributed by atoms with Gasteiger partial charge in [-0.2, -0.15) is 13.2 Å². The number of halogens is 3. The third kappa shape index (κ3) is 4.73. The first-order valence-electron chi connectivity index (χ1n) is 7.48. The Balaban J connectivity index is 1.86. The van der Waals surface area contributed by atoms with E-state index >= 15 is 0 Å². The second-order valence-electron chi connectivity index (χ2n) is 5.80. The van der Waals surface area contributed by atoms with Crippen molar-refractivity contribution < 1.29 is 23.1 Å². The number of carbonyl (C=O) groups is 1. The number of alkyl halides is 3. The van der Waals surface area contributed by atoms with Crippen LogP contribution in [0.4, 0.5) is 13.2 Å². The summed E-state index contributed by atoms with van der Waals surface area (Å²) < 4.78 is 37.9. The average molecular weight is 315 g/mol.